The van der Waals surface area contributed by atoms with Crippen molar-refractivity contribution < 1.29 is 9.53 Å². The highest BCUT2D eigenvalue weighted by Gasteiger charge is 2.43. The highest BCUT2D eigenvalue weighted by molar-refractivity contribution is 5.94. The first-order valence-corrected chi connectivity index (χ1v) is 12.6. The fourth-order valence-electron chi connectivity index (χ4n) is 5.83. The topological polar surface area (TPSA) is 36.0 Å². The summed E-state index contributed by atoms with van der Waals surface area (Å²) >= 11 is 0. The number of amides is 1. The molecule has 1 amide bonds. The lowest BCUT2D eigenvalue weighted by atomic mass is 9.86. The molecular weight excluding hydrogens is 410 g/mol. The molecule has 0 radical (unpaired) electrons. The Bertz CT molecular complexity index is 924. The number of rotatable bonds is 6. The predicted octanol–water partition coefficient (Wildman–Crippen LogP) is 3.94. The van der Waals surface area contributed by atoms with E-state index in [1.165, 1.54) is 12.0 Å². The number of ether oxygens (including phenoxy) is 1. The Morgan fingerprint density at radius 1 is 0.939 bits per heavy atom. The lowest BCUT2D eigenvalue weighted by molar-refractivity contribution is 0.0773. The Balaban J connectivity index is 1.07. The van der Waals surface area contributed by atoms with E-state index in [2.05, 4.69) is 52.1 Å². The minimum atomic E-state index is 0.166. The summed E-state index contributed by atoms with van der Waals surface area (Å²) in [7, 11) is 2.19. The minimum Gasteiger partial charge on any atom is -0.490 e. The number of benzene rings is 2. The van der Waals surface area contributed by atoms with Crippen LogP contribution in [-0.2, 0) is 6.42 Å². The van der Waals surface area contributed by atoms with Crippen molar-refractivity contribution in [3.05, 3.63) is 65.7 Å². The van der Waals surface area contributed by atoms with Crippen molar-refractivity contribution in [2.45, 2.75) is 38.2 Å². The third-order valence-corrected chi connectivity index (χ3v) is 7.85. The maximum absolute atomic E-state index is 13.0. The van der Waals surface area contributed by atoms with Crippen LogP contribution < -0.4 is 4.74 Å². The zero-order valence-electron chi connectivity index (χ0n) is 19.9. The summed E-state index contributed by atoms with van der Waals surface area (Å²) in [5.41, 5.74) is 2.51. The van der Waals surface area contributed by atoms with Gasteiger partial charge in [0.05, 0.1) is 0 Å². The molecule has 3 saturated heterocycles. The molecule has 3 heterocycles. The van der Waals surface area contributed by atoms with Gasteiger partial charge in [0, 0.05) is 50.2 Å². The molecule has 0 aliphatic carbocycles. The molecule has 0 aromatic heterocycles. The SMILES string of the molecule is CN1CC[C@]2(CCN(C(=O)c3ccc(OC4CCN(CCc5ccccc5)CC4)cc3)C2)C1. The van der Waals surface area contributed by atoms with E-state index >= 15 is 0 Å². The number of piperidine rings is 1. The quantitative estimate of drug-likeness (QED) is 0.672. The van der Waals surface area contributed by atoms with Gasteiger partial charge in [-0.1, -0.05) is 30.3 Å². The number of hydrogen-bond donors (Lipinski definition) is 0. The van der Waals surface area contributed by atoms with E-state index in [4.69, 9.17) is 4.74 Å². The second-order valence-corrected chi connectivity index (χ2v) is 10.4. The van der Waals surface area contributed by atoms with Crippen LogP contribution in [0.15, 0.2) is 54.6 Å². The van der Waals surface area contributed by atoms with Gasteiger partial charge in [-0.3, -0.25) is 4.79 Å². The van der Waals surface area contributed by atoms with E-state index in [1.807, 2.05) is 24.3 Å². The van der Waals surface area contributed by atoms with E-state index < -0.39 is 0 Å². The second-order valence-electron chi connectivity index (χ2n) is 10.4. The van der Waals surface area contributed by atoms with Gasteiger partial charge in [-0.2, -0.15) is 0 Å². The summed E-state index contributed by atoms with van der Waals surface area (Å²) in [4.78, 5) is 20.0. The van der Waals surface area contributed by atoms with Crippen molar-refractivity contribution in [1.29, 1.82) is 0 Å². The Morgan fingerprint density at radius 3 is 2.36 bits per heavy atom. The summed E-state index contributed by atoms with van der Waals surface area (Å²) in [6, 6.07) is 18.6. The van der Waals surface area contributed by atoms with Crippen LogP contribution in [0.25, 0.3) is 0 Å². The summed E-state index contributed by atoms with van der Waals surface area (Å²) < 4.78 is 6.26. The minimum absolute atomic E-state index is 0.166. The van der Waals surface area contributed by atoms with Crippen LogP contribution >= 0.6 is 0 Å². The molecule has 0 saturated carbocycles. The zero-order valence-corrected chi connectivity index (χ0v) is 19.9. The van der Waals surface area contributed by atoms with Crippen molar-refractivity contribution in [2.75, 3.05) is 52.9 Å². The first-order chi connectivity index (χ1) is 16.1. The standard InChI is InChI=1S/C28H37N3O2/c1-29-19-14-28(21-29)15-20-31(22-28)27(32)24-7-9-25(10-8-24)33-26-12-17-30(18-13-26)16-11-23-5-3-2-4-6-23/h2-10,26H,11-22H2,1H3/t28-/m0/s1. The molecule has 0 N–H and O–H groups in total. The maximum atomic E-state index is 13.0. The van der Waals surface area contributed by atoms with Gasteiger partial charge in [-0.05, 0) is 75.5 Å². The monoisotopic (exact) mass is 447 g/mol. The first-order valence-electron chi connectivity index (χ1n) is 12.6. The Labute approximate surface area is 198 Å². The molecule has 0 bridgehead atoms. The average molecular weight is 448 g/mol. The van der Waals surface area contributed by atoms with Crippen LogP contribution in [0.2, 0.25) is 0 Å². The normalized spacial score (nSPS) is 24.6. The largest absolute Gasteiger partial charge is 0.490 e. The van der Waals surface area contributed by atoms with Crippen LogP contribution in [0.4, 0.5) is 0 Å². The molecule has 2 aromatic carbocycles. The van der Waals surface area contributed by atoms with Gasteiger partial charge >= 0.3 is 0 Å². The Morgan fingerprint density at radius 2 is 1.67 bits per heavy atom. The summed E-state index contributed by atoms with van der Waals surface area (Å²) in [5, 5.41) is 0. The number of likely N-dealkylation sites (tertiary alicyclic amines) is 3. The van der Waals surface area contributed by atoms with E-state index in [0.717, 1.165) is 82.8 Å². The lowest BCUT2D eigenvalue weighted by Crippen LogP contribution is -2.39. The van der Waals surface area contributed by atoms with Crippen molar-refractivity contribution in [2.24, 2.45) is 5.41 Å². The van der Waals surface area contributed by atoms with Gasteiger partial charge < -0.3 is 19.4 Å². The van der Waals surface area contributed by atoms with Crippen LogP contribution in [0.3, 0.4) is 0 Å². The van der Waals surface area contributed by atoms with Gasteiger partial charge in [0.2, 0.25) is 0 Å². The van der Waals surface area contributed by atoms with Gasteiger partial charge in [0.1, 0.15) is 11.9 Å². The third kappa shape index (κ3) is 5.42. The molecule has 176 valence electrons. The van der Waals surface area contributed by atoms with Crippen LogP contribution in [0.5, 0.6) is 5.75 Å². The Kier molecular flexibility index (Phi) is 6.70. The second kappa shape index (κ2) is 9.86. The number of nitrogens with zero attached hydrogens (tertiary/aromatic N) is 3. The zero-order chi connectivity index (χ0) is 22.7. The average Bonchev–Trinajstić information content (AvgIpc) is 3.44. The Hall–Kier alpha value is -2.37. The number of hydrogen-bond acceptors (Lipinski definition) is 4. The van der Waals surface area contributed by atoms with E-state index in [9.17, 15) is 4.79 Å². The smallest absolute Gasteiger partial charge is 0.253 e. The molecular formula is C28H37N3O2. The van der Waals surface area contributed by atoms with Crippen molar-refractivity contribution in [1.82, 2.24) is 14.7 Å². The summed E-state index contributed by atoms with van der Waals surface area (Å²) in [6.45, 7) is 7.33. The van der Waals surface area contributed by atoms with E-state index in [-0.39, 0.29) is 12.0 Å². The third-order valence-electron chi connectivity index (χ3n) is 7.85. The molecule has 33 heavy (non-hydrogen) atoms. The molecule has 3 fully saturated rings. The van der Waals surface area contributed by atoms with Crippen LogP contribution in [0, 0.1) is 5.41 Å². The highest BCUT2D eigenvalue weighted by atomic mass is 16.5. The fourth-order valence-corrected chi connectivity index (χ4v) is 5.83. The lowest BCUT2D eigenvalue weighted by Gasteiger charge is -2.32. The first kappa shape index (κ1) is 22.4. The maximum Gasteiger partial charge on any atom is 0.253 e. The highest BCUT2D eigenvalue weighted by Crippen LogP contribution is 2.39. The molecule has 1 spiro atoms. The molecule has 3 aliphatic rings. The summed E-state index contributed by atoms with van der Waals surface area (Å²) in [6.07, 6.45) is 5.83. The van der Waals surface area contributed by atoms with Crippen LogP contribution in [0.1, 0.15) is 41.6 Å². The molecule has 1 atom stereocenters. The van der Waals surface area contributed by atoms with Crippen LogP contribution in [-0.4, -0.2) is 79.6 Å². The van der Waals surface area contributed by atoms with Crippen molar-refractivity contribution in [3.8, 4) is 5.75 Å². The van der Waals surface area contributed by atoms with Gasteiger partial charge in [0.25, 0.3) is 5.91 Å². The van der Waals surface area contributed by atoms with Gasteiger partial charge in [-0.25, -0.2) is 0 Å². The molecule has 5 rings (SSSR count). The van der Waals surface area contributed by atoms with E-state index in [1.54, 1.807) is 0 Å². The fraction of sp³-hybridized carbons (Fsp3) is 0.536. The molecule has 2 aromatic rings. The molecule has 0 unspecified atom stereocenters. The summed E-state index contributed by atoms with van der Waals surface area (Å²) in [5.74, 6) is 1.05. The predicted molar refractivity (Wildman–Crippen MR) is 132 cm³/mol. The number of carbonyl (C=O) groups excluding carboxylic acids is 1. The van der Waals surface area contributed by atoms with Gasteiger partial charge in [0.15, 0.2) is 0 Å². The van der Waals surface area contributed by atoms with E-state index in [0.29, 0.717) is 5.41 Å². The number of carbonyl (C=O) groups is 1. The molecule has 3 aliphatic heterocycles. The van der Waals surface area contributed by atoms with Crippen molar-refractivity contribution >= 4 is 5.91 Å². The van der Waals surface area contributed by atoms with Gasteiger partial charge in [-0.15, -0.1) is 0 Å². The van der Waals surface area contributed by atoms with Crippen molar-refractivity contribution in [3.63, 3.8) is 0 Å². The molecule has 5 heteroatoms. The molecule has 5 nitrogen and oxygen atoms in total.